The number of imide groups is 1. The fourth-order valence-corrected chi connectivity index (χ4v) is 2.78. The van der Waals surface area contributed by atoms with Crippen molar-refractivity contribution in [2.45, 2.75) is 0 Å². The first-order valence-corrected chi connectivity index (χ1v) is 8.55. The van der Waals surface area contributed by atoms with Gasteiger partial charge < -0.3 is 15.5 Å². The third-order valence-electron chi connectivity index (χ3n) is 4.15. The molecule has 7 nitrogen and oxygen atoms in total. The number of β-amino-alcohol motifs (C(OH)–C–C–N with tert-alkyl or cyclic N) is 1. The summed E-state index contributed by atoms with van der Waals surface area (Å²) in [6.45, 7) is -0.354. The zero-order chi connectivity index (χ0) is 20.1. The number of benzene rings is 2. The van der Waals surface area contributed by atoms with Crippen molar-refractivity contribution in [1.82, 2.24) is 4.90 Å². The number of hydrogen-bond acceptors (Lipinski definition) is 5. The minimum Gasteiger partial charge on any atom is -0.478 e. The summed E-state index contributed by atoms with van der Waals surface area (Å²) in [5, 5.41) is 21.3. The molecule has 28 heavy (non-hydrogen) atoms. The van der Waals surface area contributed by atoms with Crippen molar-refractivity contribution < 1.29 is 24.6 Å². The van der Waals surface area contributed by atoms with Gasteiger partial charge in [0.25, 0.3) is 11.8 Å². The van der Waals surface area contributed by atoms with Crippen molar-refractivity contribution in [2.24, 2.45) is 0 Å². The second-order valence-corrected chi connectivity index (χ2v) is 6.05. The van der Waals surface area contributed by atoms with Gasteiger partial charge in [-0.05, 0) is 29.3 Å². The molecule has 0 fully saturated rings. The number of hydrogen-bond donors (Lipinski definition) is 3. The lowest BCUT2D eigenvalue weighted by molar-refractivity contribution is -0.137. The van der Waals surface area contributed by atoms with Crippen LogP contribution in [0.25, 0.3) is 11.6 Å². The second-order valence-electron chi connectivity index (χ2n) is 6.05. The number of carbonyl (C=O) groups excluding carboxylic acids is 2. The van der Waals surface area contributed by atoms with Gasteiger partial charge in [0.1, 0.15) is 5.70 Å². The Bertz CT molecular complexity index is 962. The van der Waals surface area contributed by atoms with E-state index < -0.39 is 17.8 Å². The van der Waals surface area contributed by atoms with E-state index in [0.717, 1.165) is 4.90 Å². The average Bonchev–Trinajstić information content (AvgIpc) is 2.95. The number of aliphatic hydroxyl groups is 1. The fourth-order valence-electron chi connectivity index (χ4n) is 2.78. The maximum Gasteiger partial charge on any atom is 0.336 e. The molecule has 3 N–H and O–H groups in total. The number of carbonyl (C=O) groups is 3. The van der Waals surface area contributed by atoms with Crippen molar-refractivity contribution >= 4 is 35.1 Å². The van der Waals surface area contributed by atoms with Crippen LogP contribution < -0.4 is 5.32 Å². The number of aliphatic hydroxyl groups excluding tert-OH is 1. The number of anilines is 1. The van der Waals surface area contributed by atoms with E-state index in [-0.39, 0.29) is 24.4 Å². The summed E-state index contributed by atoms with van der Waals surface area (Å²) in [7, 11) is 0. The lowest BCUT2D eigenvalue weighted by Crippen LogP contribution is -2.34. The SMILES string of the molecule is O=C(O)C(=Cc1ccc(NC2=CC(=O)N(CCO)C2=O)cc1)c1ccccc1. The number of nitrogens with zero attached hydrogens (tertiary/aromatic N) is 1. The molecule has 7 heteroatoms. The largest absolute Gasteiger partial charge is 0.478 e. The summed E-state index contributed by atoms with van der Waals surface area (Å²) >= 11 is 0. The summed E-state index contributed by atoms with van der Waals surface area (Å²) in [6.07, 6.45) is 2.75. The highest BCUT2D eigenvalue weighted by atomic mass is 16.4. The number of amides is 2. The lowest BCUT2D eigenvalue weighted by Gasteiger charge is -2.13. The Hall–Kier alpha value is -3.71. The van der Waals surface area contributed by atoms with Crippen molar-refractivity contribution in [3.8, 4) is 0 Å². The molecule has 142 valence electrons. The average molecular weight is 378 g/mol. The van der Waals surface area contributed by atoms with E-state index in [1.165, 1.54) is 6.08 Å². The Labute approximate surface area is 161 Å². The van der Waals surface area contributed by atoms with Crippen LogP contribution in [-0.4, -0.2) is 46.0 Å². The van der Waals surface area contributed by atoms with Gasteiger partial charge in [0.05, 0.1) is 18.7 Å². The van der Waals surface area contributed by atoms with Crippen LogP contribution in [0.1, 0.15) is 11.1 Å². The number of nitrogens with one attached hydrogen (secondary N) is 1. The molecular formula is C21H18N2O5. The van der Waals surface area contributed by atoms with Crippen molar-refractivity contribution in [2.75, 3.05) is 18.5 Å². The third kappa shape index (κ3) is 4.16. The Morgan fingerprint density at radius 1 is 1.04 bits per heavy atom. The Balaban J connectivity index is 1.77. The third-order valence-corrected chi connectivity index (χ3v) is 4.15. The van der Waals surface area contributed by atoms with E-state index in [1.807, 2.05) is 6.07 Å². The summed E-state index contributed by atoms with van der Waals surface area (Å²) < 4.78 is 0. The maximum absolute atomic E-state index is 12.1. The molecular weight excluding hydrogens is 360 g/mol. The molecule has 0 bridgehead atoms. The second kappa shape index (κ2) is 8.32. The van der Waals surface area contributed by atoms with Crippen molar-refractivity contribution in [1.29, 1.82) is 0 Å². The number of aliphatic carboxylic acids is 1. The smallest absolute Gasteiger partial charge is 0.336 e. The zero-order valence-corrected chi connectivity index (χ0v) is 14.8. The lowest BCUT2D eigenvalue weighted by atomic mass is 10.0. The predicted molar refractivity (Wildman–Crippen MR) is 104 cm³/mol. The van der Waals surface area contributed by atoms with Gasteiger partial charge >= 0.3 is 5.97 Å². The zero-order valence-electron chi connectivity index (χ0n) is 14.8. The molecule has 0 saturated carbocycles. The van der Waals surface area contributed by atoms with Crippen molar-refractivity contribution in [3.63, 3.8) is 0 Å². The minimum absolute atomic E-state index is 0.0550. The van der Waals surface area contributed by atoms with E-state index in [2.05, 4.69) is 5.32 Å². The highest BCUT2D eigenvalue weighted by Crippen LogP contribution is 2.21. The first kappa shape index (κ1) is 19.1. The highest BCUT2D eigenvalue weighted by Gasteiger charge is 2.30. The first-order valence-electron chi connectivity index (χ1n) is 8.55. The van der Waals surface area contributed by atoms with Crippen molar-refractivity contribution in [3.05, 3.63) is 77.5 Å². The number of rotatable bonds is 7. The molecule has 0 aromatic heterocycles. The van der Waals surface area contributed by atoms with Crippen LogP contribution in [0.15, 0.2) is 66.4 Å². The summed E-state index contributed by atoms with van der Waals surface area (Å²) in [4.78, 5) is 36.4. The Morgan fingerprint density at radius 2 is 1.71 bits per heavy atom. The van der Waals surface area contributed by atoms with Gasteiger partial charge in [-0.3, -0.25) is 14.5 Å². The molecule has 1 heterocycles. The molecule has 2 amide bonds. The van der Waals surface area contributed by atoms with Crippen LogP contribution in [-0.2, 0) is 14.4 Å². The number of carboxylic acid groups (broad SMARTS) is 1. The molecule has 0 radical (unpaired) electrons. The predicted octanol–water partition coefficient (Wildman–Crippen LogP) is 1.97. The normalized spacial score (nSPS) is 14.2. The highest BCUT2D eigenvalue weighted by molar-refractivity contribution is 6.20. The quantitative estimate of drug-likeness (QED) is 0.386. The van der Waals surface area contributed by atoms with Crippen LogP contribution in [0.3, 0.4) is 0 Å². The van der Waals surface area contributed by atoms with Gasteiger partial charge in [0, 0.05) is 11.8 Å². The molecule has 1 aliphatic heterocycles. The standard InChI is InChI=1S/C21H18N2O5/c24-11-10-23-19(25)13-18(20(23)26)22-16-8-6-14(7-9-16)12-17(21(27)28)15-4-2-1-3-5-15/h1-9,12-13,22,24H,10-11H2,(H,27,28). The van der Waals surface area contributed by atoms with Crippen LogP contribution in [0, 0.1) is 0 Å². The van der Waals surface area contributed by atoms with Gasteiger partial charge in [-0.15, -0.1) is 0 Å². The van der Waals surface area contributed by atoms with E-state index in [1.54, 1.807) is 54.6 Å². The van der Waals surface area contributed by atoms with Gasteiger partial charge in [0.15, 0.2) is 0 Å². The topological polar surface area (TPSA) is 107 Å². The van der Waals surface area contributed by atoms with Crippen LogP contribution in [0.5, 0.6) is 0 Å². The summed E-state index contributed by atoms with van der Waals surface area (Å²) in [5.41, 5.74) is 2.14. The van der Waals surface area contributed by atoms with Crippen LogP contribution in [0.4, 0.5) is 5.69 Å². The van der Waals surface area contributed by atoms with E-state index in [0.29, 0.717) is 16.8 Å². The molecule has 2 aromatic carbocycles. The molecule has 2 aromatic rings. The first-order chi connectivity index (χ1) is 13.5. The molecule has 1 aliphatic rings. The monoisotopic (exact) mass is 378 g/mol. The molecule has 3 rings (SSSR count). The van der Waals surface area contributed by atoms with Gasteiger partial charge in [0.2, 0.25) is 0 Å². The molecule has 0 unspecified atom stereocenters. The van der Waals surface area contributed by atoms with E-state index >= 15 is 0 Å². The van der Waals surface area contributed by atoms with E-state index in [9.17, 15) is 19.5 Å². The van der Waals surface area contributed by atoms with Gasteiger partial charge in [-0.25, -0.2) is 4.79 Å². The fraction of sp³-hybridized carbons (Fsp3) is 0.0952. The molecule has 0 aliphatic carbocycles. The summed E-state index contributed by atoms with van der Waals surface area (Å²) in [6, 6.07) is 15.6. The van der Waals surface area contributed by atoms with Crippen LogP contribution >= 0.6 is 0 Å². The van der Waals surface area contributed by atoms with Gasteiger partial charge in [-0.1, -0.05) is 42.5 Å². The molecule has 0 spiro atoms. The summed E-state index contributed by atoms with van der Waals surface area (Å²) in [5.74, 6) is -2.01. The molecule has 0 atom stereocenters. The number of carboxylic acids is 1. The van der Waals surface area contributed by atoms with Gasteiger partial charge in [-0.2, -0.15) is 0 Å². The minimum atomic E-state index is -1.03. The Kier molecular flexibility index (Phi) is 5.67. The maximum atomic E-state index is 12.1. The van der Waals surface area contributed by atoms with E-state index in [4.69, 9.17) is 5.11 Å². The Morgan fingerprint density at radius 3 is 2.32 bits per heavy atom. The molecule has 0 saturated heterocycles. The van der Waals surface area contributed by atoms with Crippen LogP contribution in [0.2, 0.25) is 0 Å².